The highest BCUT2D eigenvalue weighted by Crippen LogP contribution is 1.86. The van der Waals surface area contributed by atoms with Crippen molar-refractivity contribution in [2.24, 2.45) is 0 Å². The first-order valence-electron chi connectivity index (χ1n) is 6.42. The lowest BCUT2D eigenvalue weighted by atomic mass is 10.4. The fraction of sp³-hybridized carbons (Fsp3) is 0.917. The Balaban J connectivity index is 3.09. The molecule has 108 valence electrons. The first kappa shape index (κ1) is 17.7. The molecule has 0 radical (unpaired) electrons. The third kappa shape index (κ3) is 12.2. The van der Waals surface area contributed by atoms with Crippen molar-refractivity contribution in [2.45, 2.75) is 13.3 Å². The van der Waals surface area contributed by atoms with Crippen molar-refractivity contribution < 1.29 is 14.3 Å². The van der Waals surface area contributed by atoms with Gasteiger partial charge in [-0.15, -0.1) is 0 Å². The van der Waals surface area contributed by atoms with Crippen LogP contribution >= 0.6 is 12.6 Å². The summed E-state index contributed by atoms with van der Waals surface area (Å²) in [5.74, 6) is 0.922. The van der Waals surface area contributed by atoms with E-state index in [-0.39, 0.29) is 5.91 Å². The van der Waals surface area contributed by atoms with Crippen LogP contribution in [0.4, 0.5) is 0 Å². The number of nitrogens with zero attached hydrogens (tertiary/aromatic N) is 1. The summed E-state index contributed by atoms with van der Waals surface area (Å²) in [5, 5.41) is 2.74. The van der Waals surface area contributed by atoms with Crippen LogP contribution in [0.25, 0.3) is 0 Å². The van der Waals surface area contributed by atoms with Gasteiger partial charge in [0.2, 0.25) is 5.91 Å². The number of likely N-dealkylation sites (N-methyl/N-ethyl adjacent to an activating group) is 1. The maximum atomic E-state index is 10.9. The molecule has 0 atom stereocenters. The summed E-state index contributed by atoms with van der Waals surface area (Å²) in [6, 6.07) is 0. The Kier molecular flexibility index (Phi) is 12.9. The van der Waals surface area contributed by atoms with E-state index >= 15 is 0 Å². The average Bonchev–Trinajstić information content (AvgIpc) is 2.36. The Morgan fingerprint density at radius 1 is 1.17 bits per heavy atom. The largest absolute Gasteiger partial charge is 0.378 e. The van der Waals surface area contributed by atoms with Gasteiger partial charge in [-0.05, 0) is 7.05 Å². The molecule has 0 saturated carbocycles. The highest BCUT2D eigenvalue weighted by atomic mass is 32.1. The first-order valence-corrected chi connectivity index (χ1v) is 7.05. The lowest BCUT2D eigenvalue weighted by molar-refractivity contribution is -0.121. The zero-order valence-corrected chi connectivity index (χ0v) is 12.4. The van der Waals surface area contributed by atoms with Crippen molar-refractivity contribution in [1.29, 1.82) is 0 Å². The molecule has 0 aliphatic carbocycles. The molecule has 1 N–H and O–H groups in total. The fourth-order valence-corrected chi connectivity index (χ4v) is 1.55. The maximum absolute atomic E-state index is 10.9. The Labute approximate surface area is 116 Å². The number of rotatable bonds is 12. The van der Waals surface area contributed by atoms with Crippen molar-refractivity contribution in [2.75, 3.05) is 58.9 Å². The average molecular weight is 278 g/mol. The molecule has 0 rings (SSSR count). The summed E-state index contributed by atoms with van der Waals surface area (Å²) >= 11 is 4.16. The molecule has 1 amide bonds. The predicted octanol–water partition coefficient (Wildman–Crippen LogP) is 0.407. The molecule has 0 spiro atoms. The number of thiol groups is 1. The number of amides is 1. The monoisotopic (exact) mass is 278 g/mol. The van der Waals surface area contributed by atoms with Crippen LogP contribution in [0.1, 0.15) is 13.3 Å². The highest BCUT2D eigenvalue weighted by molar-refractivity contribution is 7.80. The quantitative estimate of drug-likeness (QED) is 0.401. The summed E-state index contributed by atoms with van der Waals surface area (Å²) in [4.78, 5) is 13.1. The second-order valence-electron chi connectivity index (χ2n) is 3.96. The first-order chi connectivity index (χ1) is 8.70. The number of nitrogens with one attached hydrogen (secondary N) is 1. The van der Waals surface area contributed by atoms with Crippen LogP contribution in [-0.2, 0) is 14.3 Å². The Hall–Kier alpha value is -0.300. The molecule has 0 bridgehead atoms. The topological polar surface area (TPSA) is 50.8 Å². The van der Waals surface area contributed by atoms with Gasteiger partial charge in [-0.25, -0.2) is 0 Å². The van der Waals surface area contributed by atoms with Crippen molar-refractivity contribution in [3.63, 3.8) is 0 Å². The molecule has 5 nitrogen and oxygen atoms in total. The summed E-state index contributed by atoms with van der Waals surface area (Å²) in [6.45, 7) is 6.68. The van der Waals surface area contributed by atoms with Gasteiger partial charge in [0, 0.05) is 31.8 Å². The molecule has 6 heteroatoms. The Bertz CT molecular complexity index is 206. The van der Waals surface area contributed by atoms with E-state index in [4.69, 9.17) is 9.47 Å². The van der Waals surface area contributed by atoms with Crippen LogP contribution < -0.4 is 5.32 Å². The van der Waals surface area contributed by atoms with Crippen LogP contribution in [-0.4, -0.2) is 69.7 Å². The van der Waals surface area contributed by atoms with E-state index in [1.807, 2.05) is 14.0 Å². The van der Waals surface area contributed by atoms with E-state index in [0.717, 1.165) is 18.8 Å². The molecule has 0 aromatic carbocycles. The lowest BCUT2D eigenvalue weighted by Gasteiger charge is -2.14. The van der Waals surface area contributed by atoms with Crippen molar-refractivity contribution in [3.8, 4) is 0 Å². The molecule has 18 heavy (non-hydrogen) atoms. The van der Waals surface area contributed by atoms with Crippen LogP contribution in [0.15, 0.2) is 0 Å². The zero-order valence-electron chi connectivity index (χ0n) is 11.5. The summed E-state index contributed by atoms with van der Waals surface area (Å²) in [6.07, 6.45) is 0.517. The molecule has 0 aliphatic heterocycles. The maximum Gasteiger partial charge on any atom is 0.219 e. The third-order valence-corrected chi connectivity index (χ3v) is 2.56. The fourth-order valence-electron chi connectivity index (χ4n) is 1.21. The molecule has 0 aliphatic rings. The van der Waals surface area contributed by atoms with Gasteiger partial charge in [0.25, 0.3) is 0 Å². The third-order valence-electron chi connectivity index (χ3n) is 2.36. The molecular weight excluding hydrogens is 252 g/mol. The molecule has 0 heterocycles. The zero-order chi connectivity index (χ0) is 13.6. The van der Waals surface area contributed by atoms with Gasteiger partial charge in [0.1, 0.15) is 0 Å². The van der Waals surface area contributed by atoms with Gasteiger partial charge < -0.3 is 19.7 Å². The van der Waals surface area contributed by atoms with Crippen molar-refractivity contribution >= 4 is 18.5 Å². The van der Waals surface area contributed by atoms with E-state index in [1.165, 1.54) is 0 Å². The summed E-state index contributed by atoms with van der Waals surface area (Å²) in [5.41, 5.74) is 0. The molecule has 0 aromatic rings. The number of hydrogen-bond acceptors (Lipinski definition) is 5. The SMILES string of the molecule is CCC(=O)NCCOCCOCCN(C)CCS. The number of carbonyl (C=O) groups is 1. The normalized spacial score (nSPS) is 10.9. The number of carbonyl (C=O) groups excluding carboxylic acids is 1. The van der Waals surface area contributed by atoms with Crippen molar-refractivity contribution in [3.05, 3.63) is 0 Å². The minimum Gasteiger partial charge on any atom is -0.378 e. The predicted molar refractivity (Wildman–Crippen MR) is 76.3 cm³/mol. The second-order valence-corrected chi connectivity index (χ2v) is 4.40. The molecule has 0 saturated heterocycles. The number of ether oxygens (including phenoxy) is 2. The lowest BCUT2D eigenvalue weighted by Crippen LogP contribution is -2.27. The highest BCUT2D eigenvalue weighted by Gasteiger charge is 1.97. The summed E-state index contributed by atoms with van der Waals surface area (Å²) in [7, 11) is 2.05. The second kappa shape index (κ2) is 13.1. The van der Waals surface area contributed by atoms with E-state index in [1.54, 1.807) is 0 Å². The van der Waals surface area contributed by atoms with E-state index in [2.05, 4.69) is 22.8 Å². The van der Waals surface area contributed by atoms with Crippen molar-refractivity contribution in [1.82, 2.24) is 10.2 Å². The molecule has 0 unspecified atom stereocenters. The Morgan fingerprint density at radius 3 is 2.44 bits per heavy atom. The smallest absolute Gasteiger partial charge is 0.219 e. The van der Waals surface area contributed by atoms with Crippen LogP contribution in [0.5, 0.6) is 0 Å². The van der Waals surface area contributed by atoms with Crippen LogP contribution in [0.2, 0.25) is 0 Å². The van der Waals surface area contributed by atoms with Gasteiger partial charge in [0.05, 0.1) is 26.4 Å². The van der Waals surface area contributed by atoms with Gasteiger partial charge in [-0.1, -0.05) is 6.92 Å². The van der Waals surface area contributed by atoms with E-state index in [0.29, 0.717) is 39.4 Å². The Morgan fingerprint density at radius 2 is 1.83 bits per heavy atom. The van der Waals surface area contributed by atoms with Gasteiger partial charge in [0.15, 0.2) is 0 Å². The van der Waals surface area contributed by atoms with Gasteiger partial charge >= 0.3 is 0 Å². The minimum absolute atomic E-state index is 0.0575. The van der Waals surface area contributed by atoms with E-state index in [9.17, 15) is 4.79 Å². The van der Waals surface area contributed by atoms with Gasteiger partial charge in [-0.3, -0.25) is 4.79 Å². The molecule has 0 aromatic heterocycles. The van der Waals surface area contributed by atoms with E-state index < -0.39 is 0 Å². The van der Waals surface area contributed by atoms with Gasteiger partial charge in [-0.2, -0.15) is 12.6 Å². The van der Waals surface area contributed by atoms with Crippen LogP contribution in [0.3, 0.4) is 0 Å². The molecular formula is C12H26N2O3S. The molecule has 0 fully saturated rings. The number of hydrogen-bond donors (Lipinski definition) is 2. The summed E-state index contributed by atoms with van der Waals surface area (Å²) < 4.78 is 10.7. The standard InChI is InChI=1S/C12H26N2O3S/c1-3-12(15)13-4-7-16-9-10-17-8-5-14(2)6-11-18/h18H,3-11H2,1-2H3,(H,13,15). The van der Waals surface area contributed by atoms with Crippen LogP contribution in [0, 0.1) is 0 Å². The minimum atomic E-state index is 0.0575.